The van der Waals surface area contributed by atoms with E-state index in [9.17, 15) is 4.79 Å². The third-order valence-corrected chi connectivity index (χ3v) is 4.57. The molecule has 1 atom stereocenters. The van der Waals surface area contributed by atoms with Crippen molar-refractivity contribution in [2.75, 3.05) is 0 Å². The lowest BCUT2D eigenvalue weighted by atomic mass is 10.1. The Balaban J connectivity index is 1.65. The monoisotopic (exact) mass is 336 g/mol. The molecule has 3 aromatic rings. The van der Waals surface area contributed by atoms with Crippen LogP contribution >= 0.6 is 0 Å². The van der Waals surface area contributed by atoms with Gasteiger partial charge in [0.05, 0.1) is 6.54 Å². The summed E-state index contributed by atoms with van der Waals surface area (Å²) in [6.07, 6.45) is 1.91. The second-order valence-corrected chi connectivity index (χ2v) is 6.22. The van der Waals surface area contributed by atoms with Gasteiger partial charge < -0.3 is 4.90 Å². The molecule has 0 radical (unpaired) electrons. The van der Waals surface area contributed by atoms with E-state index in [1.54, 1.807) is 0 Å². The predicted molar refractivity (Wildman–Crippen MR) is 92.3 cm³/mol. The van der Waals surface area contributed by atoms with Crippen LogP contribution in [0.3, 0.4) is 0 Å². The molecule has 1 aliphatic heterocycles. The van der Waals surface area contributed by atoms with Gasteiger partial charge in [-0.25, -0.2) is 0 Å². The summed E-state index contributed by atoms with van der Waals surface area (Å²) >= 11 is 0. The fourth-order valence-electron chi connectivity index (χ4n) is 3.23. The molecule has 128 valence electrons. The van der Waals surface area contributed by atoms with Gasteiger partial charge in [-0.1, -0.05) is 30.3 Å². The third kappa shape index (κ3) is 2.71. The lowest BCUT2D eigenvalue weighted by molar-refractivity contribution is -0.137. The molecule has 0 unspecified atom stereocenters. The first-order valence-electron chi connectivity index (χ1n) is 8.47. The molecule has 0 fully saturated rings. The van der Waals surface area contributed by atoms with Crippen molar-refractivity contribution in [2.24, 2.45) is 0 Å². The molecular weight excluding hydrogens is 316 g/mol. The molecule has 0 aliphatic carbocycles. The van der Waals surface area contributed by atoms with Gasteiger partial charge in [0.25, 0.3) is 0 Å². The Morgan fingerprint density at radius 3 is 2.68 bits per heavy atom. The minimum Gasteiger partial charge on any atom is -0.329 e. The molecule has 2 aromatic heterocycles. The first kappa shape index (κ1) is 15.6. The van der Waals surface area contributed by atoms with Crippen molar-refractivity contribution in [3.05, 3.63) is 54.0 Å². The van der Waals surface area contributed by atoms with E-state index in [1.165, 1.54) is 0 Å². The van der Waals surface area contributed by atoms with Gasteiger partial charge in [0, 0.05) is 19.3 Å². The Morgan fingerprint density at radius 1 is 1.16 bits per heavy atom. The van der Waals surface area contributed by atoms with E-state index in [2.05, 4.69) is 15.3 Å². The molecule has 3 heterocycles. The summed E-state index contributed by atoms with van der Waals surface area (Å²) in [7, 11) is 0. The molecule has 25 heavy (non-hydrogen) atoms. The number of rotatable bonds is 4. The summed E-state index contributed by atoms with van der Waals surface area (Å²) < 4.78 is 3.75. The van der Waals surface area contributed by atoms with Crippen molar-refractivity contribution in [1.82, 2.24) is 29.4 Å². The maximum atomic E-state index is 12.9. The van der Waals surface area contributed by atoms with Crippen LogP contribution in [-0.2, 0) is 24.4 Å². The van der Waals surface area contributed by atoms with Crippen molar-refractivity contribution in [3.8, 4) is 11.5 Å². The number of aromatic nitrogens is 5. The summed E-state index contributed by atoms with van der Waals surface area (Å²) in [5.41, 5.74) is 1.86. The smallest absolute Gasteiger partial charge is 0.246 e. The predicted octanol–water partition coefficient (Wildman–Crippen LogP) is 2.26. The van der Waals surface area contributed by atoms with Crippen LogP contribution in [0.25, 0.3) is 11.5 Å². The Morgan fingerprint density at radius 2 is 1.96 bits per heavy atom. The second kappa shape index (κ2) is 6.16. The number of carbonyl (C=O) groups excluding carboxylic acids is 1. The maximum Gasteiger partial charge on any atom is 0.246 e. The molecular formula is C18H20N6O. The van der Waals surface area contributed by atoms with Crippen LogP contribution in [0.1, 0.15) is 31.3 Å². The van der Waals surface area contributed by atoms with Crippen molar-refractivity contribution >= 4 is 5.91 Å². The lowest BCUT2D eigenvalue weighted by Crippen LogP contribution is -2.41. The summed E-state index contributed by atoms with van der Waals surface area (Å²) in [6.45, 7) is 5.76. The topological polar surface area (TPSA) is 68.8 Å². The van der Waals surface area contributed by atoms with Gasteiger partial charge in [-0.3, -0.25) is 14.0 Å². The molecule has 1 amide bonds. The van der Waals surface area contributed by atoms with Crippen LogP contribution in [0.15, 0.2) is 42.6 Å². The zero-order valence-electron chi connectivity index (χ0n) is 14.3. The van der Waals surface area contributed by atoms with Crippen LogP contribution in [-0.4, -0.2) is 35.4 Å². The SMILES string of the molecule is CCn1ccc(-c2nnc3n2[C@H](C)C(=O)N(Cc2ccccc2)C3)n1. The molecule has 0 saturated heterocycles. The highest BCUT2D eigenvalue weighted by atomic mass is 16.2. The minimum atomic E-state index is -0.343. The van der Waals surface area contributed by atoms with Crippen LogP contribution in [0.4, 0.5) is 0 Å². The lowest BCUT2D eigenvalue weighted by Gasteiger charge is -2.32. The fraction of sp³-hybridized carbons (Fsp3) is 0.333. The van der Waals surface area contributed by atoms with Crippen molar-refractivity contribution in [3.63, 3.8) is 0 Å². The van der Waals surface area contributed by atoms with Gasteiger partial charge in [0.15, 0.2) is 11.6 Å². The Hall–Kier alpha value is -2.96. The number of amides is 1. The quantitative estimate of drug-likeness (QED) is 0.733. The average Bonchev–Trinajstić information content (AvgIpc) is 3.26. The zero-order valence-corrected chi connectivity index (χ0v) is 14.3. The third-order valence-electron chi connectivity index (χ3n) is 4.57. The molecule has 0 saturated carbocycles. The number of hydrogen-bond donors (Lipinski definition) is 0. The van der Waals surface area contributed by atoms with Gasteiger partial charge in [0.2, 0.25) is 5.91 Å². The van der Waals surface area contributed by atoms with E-state index in [4.69, 9.17) is 0 Å². The van der Waals surface area contributed by atoms with Crippen LogP contribution in [0.2, 0.25) is 0 Å². The molecule has 1 aromatic carbocycles. The van der Waals surface area contributed by atoms with Crippen molar-refractivity contribution < 1.29 is 4.79 Å². The number of aryl methyl sites for hydroxylation is 1. The molecule has 0 bridgehead atoms. The molecule has 0 spiro atoms. The Kier molecular flexibility index (Phi) is 3.83. The van der Waals surface area contributed by atoms with E-state index in [0.717, 1.165) is 23.6 Å². The number of hydrogen-bond acceptors (Lipinski definition) is 4. The molecule has 7 nitrogen and oxygen atoms in total. The molecule has 0 N–H and O–H groups in total. The van der Waals surface area contributed by atoms with Crippen molar-refractivity contribution in [1.29, 1.82) is 0 Å². The minimum absolute atomic E-state index is 0.0762. The Bertz CT molecular complexity index is 897. The highest BCUT2D eigenvalue weighted by molar-refractivity contribution is 5.81. The van der Waals surface area contributed by atoms with E-state index < -0.39 is 0 Å². The first-order valence-corrected chi connectivity index (χ1v) is 8.47. The van der Waals surface area contributed by atoms with Gasteiger partial charge >= 0.3 is 0 Å². The summed E-state index contributed by atoms with van der Waals surface area (Å²) in [6, 6.07) is 11.6. The number of fused-ring (bicyclic) bond motifs is 1. The average molecular weight is 336 g/mol. The zero-order chi connectivity index (χ0) is 17.4. The number of nitrogens with zero attached hydrogens (tertiary/aromatic N) is 6. The molecule has 4 rings (SSSR count). The fourth-order valence-corrected chi connectivity index (χ4v) is 3.23. The largest absolute Gasteiger partial charge is 0.329 e. The Labute approximate surface area is 145 Å². The van der Waals surface area contributed by atoms with E-state index >= 15 is 0 Å². The standard InChI is InChI=1S/C18H20N6O/c1-3-23-10-9-15(21-23)17-20-19-16-12-22(18(25)13(2)24(16)17)11-14-7-5-4-6-8-14/h4-10,13H,3,11-12H2,1-2H3/t13-/m1/s1. The van der Waals surface area contributed by atoms with Crippen LogP contribution in [0.5, 0.6) is 0 Å². The van der Waals surface area contributed by atoms with E-state index in [-0.39, 0.29) is 11.9 Å². The van der Waals surface area contributed by atoms with Gasteiger partial charge in [-0.2, -0.15) is 5.10 Å². The van der Waals surface area contributed by atoms with Crippen LogP contribution in [0, 0.1) is 0 Å². The van der Waals surface area contributed by atoms with Crippen LogP contribution < -0.4 is 0 Å². The number of benzene rings is 1. The number of carbonyl (C=O) groups is 1. The summed E-state index contributed by atoms with van der Waals surface area (Å²) in [4.78, 5) is 14.7. The molecule has 1 aliphatic rings. The van der Waals surface area contributed by atoms with Crippen molar-refractivity contribution in [2.45, 2.75) is 39.5 Å². The molecule has 7 heteroatoms. The summed E-state index contributed by atoms with van der Waals surface area (Å²) in [5.74, 6) is 1.53. The van der Waals surface area contributed by atoms with E-state index in [0.29, 0.717) is 18.9 Å². The normalized spacial score (nSPS) is 17.0. The van der Waals surface area contributed by atoms with E-state index in [1.807, 2.05) is 70.6 Å². The van der Waals surface area contributed by atoms with Gasteiger partial charge in [-0.05, 0) is 25.5 Å². The second-order valence-electron chi connectivity index (χ2n) is 6.22. The maximum absolute atomic E-state index is 12.9. The first-order chi connectivity index (χ1) is 12.2. The van der Waals surface area contributed by atoms with Gasteiger partial charge in [-0.15, -0.1) is 10.2 Å². The summed E-state index contributed by atoms with van der Waals surface area (Å²) in [5, 5.41) is 13.1. The highest BCUT2D eigenvalue weighted by Crippen LogP contribution is 2.28. The van der Waals surface area contributed by atoms with Gasteiger partial charge in [0.1, 0.15) is 11.7 Å². The highest BCUT2D eigenvalue weighted by Gasteiger charge is 2.33.